The molecule has 1 N–H and O–H groups in total. The van der Waals surface area contributed by atoms with E-state index in [1.54, 1.807) is 7.05 Å². The maximum atomic E-state index is 12.3. The van der Waals surface area contributed by atoms with E-state index in [1.165, 1.54) is 10.5 Å². The Balaban J connectivity index is 1.98. The highest BCUT2D eigenvalue weighted by Gasteiger charge is 2.17. The molecule has 6 heteroatoms. The minimum absolute atomic E-state index is 0.0706. The summed E-state index contributed by atoms with van der Waals surface area (Å²) >= 11 is 0. The molecular formula is C17H24N4O2. The monoisotopic (exact) mass is 316 g/mol. The lowest BCUT2D eigenvalue weighted by Gasteiger charge is -2.21. The zero-order chi connectivity index (χ0) is 17.0. The molecule has 0 radical (unpaired) electrons. The van der Waals surface area contributed by atoms with Crippen molar-refractivity contribution in [3.05, 3.63) is 46.7 Å². The summed E-state index contributed by atoms with van der Waals surface area (Å²) in [7, 11) is 1.71. The average Bonchev–Trinajstić information content (AvgIpc) is 2.97. The van der Waals surface area contributed by atoms with Gasteiger partial charge < -0.3 is 14.6 Å². The molecular weight excluding hydrogens is 292 g/mol. The van der Waals surface area contributed by atoms with E-state index in [0.29, 0.717) is 24.7 Å². The maximum absolute atomic E-state index is 12.3. The van der Waals surface area contributed by atoms with Crippen LogP contribution in [0.5, 0.6) is 0 Å². The van der Waals surface area contributed by atoms with Gasteiger partial charge in [-0.25, -0.2) is 4.79 Å². The van der Waals surface area contributed by atoms with Crippen LogP contribution in [-0.4, -0.2) is 28.2 Å². The maximum Gasteiger partial charge on any atom is 0.318 e. The molecule has 124 valence electrons. The second-order valence-corrected chi connectivity index (χ2v) is 5.83. The number of hydrogen-bond donors (Lipinski definition) is 1. The summed E-state index contributed by atoms with van der Waals surface area (Å²) in [4.78, 5) is 13.9. The topological polar surface area (TPSA) is 71.3 Å². The molecule has 0 unspecified atom stereocenters. The number of hydrogen-bond acceptors (Lipinski definition) is 4. The van der Waals surface area contributed by atoms with Crippen LogP contribution in [0.2, 0.25) is 0 Å². The number of amides is 2. The van der Waals surface area contributed by atoms with Gasteiger partial charge in [-0.3, -0.25) is 0 Å². The first-order valence-electron chi connectivity index (χ1n) is 7.80. The van der Waals surface area contributed by atoms with E-state index in [2.05, 4.69) is 33.7 Å². The summed E-state index contributed by atoms with van der Waals surface area (Å²) < 4.78 is 5.43. The highest BCUT2D eigenvalue weighted by atomic mass is 16.4. The zero-order valence-electron chi connectivity index (χ0n) is 14.4. The molecule has 1 aromatic heterocycles. The number of rotatable bonds is 5. The Morgan fingerprint density at radius 1 is 1.30 bits per heavy atom. The van der Waals surface area contributed by atoms with Crippen molar-refractivity contribution in [3.8, 4) is 0 Å². The normalized spacial score (nSPS) is 12.0. The average molecular weight is 316 g/mol. The van der Waals surface area contributed by atoms with E-state index >= 15 is 0 Å². The minimum Gasteiger partial charge on any atom is -0.423 e. The molecule has 6 nitrogen and oxygen atoms in total. The molecule has 0 aliphatic rings. The Bertz CT molecular complexity index is 681. The van der Waals surface area contributed by atoms with Crippen molar-refractivity contribution in [2.24, 2.45) is 0 Å². The van der Waals surface area contributed by atoms with Gasteiger partial charge in [-0.1, -0.05) is 30.7 Å². The number of benzene rings is 1. The Labute approximate surface area is 136 Å². The summed E-state index contributed by atoms with van der Waals surface area (Å²) in [6.45, 7) is 8.31. The van der Waals surface area contributed by atoms with Crippen molar-refractivity contribution < 1.29 is 9.21 Å². The van der Waals surface area contributed by atoms with Gasteiger partial charge in [0.1, 0.15) is 6.54 Å². The number of aryl methyl sites for hydroxylation is 3. The second-order valence-electron chi connectivity index (χ2n) is 5.83. The third-order valence-corrected chi connectivity index (χ3v) is 3.77. The van der Waals surface area contributed by atoms with Crippen molar-refractivity contribution in [1.82, 2.24) is 20.4 Å². The Hall–Kier alpha value is -2.37. The van der Waals surface area contributed by atoms with E-state index in [-0.39, 0.29) is 12.1 Å². The van der Waals surface area contributed by atoms with Crippen molar-refractivity contribution in [2.75, 3.05) is 7.05 Å². The van der Waals surface area contributed by atoms with Crippen LogP contribution in [0.15, 0.2) is 22.6 Å². The lowest BCUT2D eigenvalue weighted by molar-refractivity contribution is 0.198. The van der Waals surface area contributed by atoms with Crippen LogP contribution >= 0.6 is 0 Å². The molecule has 0 bridgehead atoms. The van der Waals surface area contributed by atoms with Gasteiger partial charge >= 0.3 is 6.03 Å². The van der Waals surface area contributed by atoms with Crippen LogP contribution in [0.3, 0.4) is 0 Å². The summed E-state index contributed by atoms with van der Waals surface area (Å²) in [5, 5.41) is 10.8. The lowest BCUT2D eigenvalue weighted by Crippen LogP contribution is -2.38. The highest BCUT2D eigenvalue weighted by molar-refractivity contribution is 5.74. The van der Waals surface area contributed by atoms with Crippen LogP contribution in [-0.2, 0) is 13.0 Å². The number of urea groups is 1. The van der Waals surface area contributed by atoms with Gasteiger partial charge in [-0.05, 0) is 31.9 Å². The van der Waals surface area contributed by atoms with Gasteiger partial charge in [0.2, 0.25) is 11.8 Å². The van der Waals surface area contributed by atoms with Crippen molar-refractivity contribution in [2.45, 2.75) is 46.7 Å². The summed E-state index contributed by atoms with van der Waals surface area (Å²) in [5.41, 5.74) is 3.46. The first-order valence-corrected chi connectivity index (χ1v) is 7.80. The molecule has 1 atom stereocenters. The molecule has 2 aromatic rings. The zero-order valence-corrected chi connectivity index (χ0v) is 14.4. The lowest BCUT2D eigenvalue weighted by atomic mass is 10.0. The van der Waals surface area contributed by atoms with E-state index in [4.69, 9.17) is 4.42 Å². The third kappa shape index (κ3) is 4.31. The Morgan fingerprint density at radius 3 is 2.65 bits per heavy atom. The first-order chi connectivity index (χ1) is 10.9. The Kier molecular flexibility index (Phi) is 5.36. The number of nitrogens with one attached hydrogen (secondary N) is 1. The van der Waals surface area contributed by atoms with Gasteiger partial charge in [0.25, 0.3) is 0 Å². The van der Waals surface area contributed by atoms with E-state index < -0.39 is 0 Å². The van der Waals surface area contributed by atoms with Crippen LogP contribution in [0.1, 0.15) is 48.4 Å². The summed E-state index contributed by atoms with van der Waals surface area (Å²) in [6.07, 6.45) is 0.687. The summed E-state index contributed by atoms with van der Waals surface area (Å²) in [6, 6.07) is 6.00. The van der Waals surface area contributed by atoms with Gasteiger partial charge in [0, 0.05) is 13.5 Å². The first kappa shape index (κ1) is 17.0. The number of aromatic nitrogens is 2. The van der Waals surface area contributed by atoms with Crippen LogP contribution in [0.25, 0.3) is 0 Å². The molecule has 0 aliphatic carbocycles. The van der Waals surface area contributed by atoms with Gasteiger partial charge in [0.15, 0.2) is 0 Å². The molecule has 23 heavy (non-hydrogen) atoms. The number of carbonyl (C=O) groups is 1. The van der Waals surface area contributed by atoms with Crippen LogP contribution in [0, 0.1) is 13.8 Å². The van der Waals surface area contributed by atoms with Crippen LogP contribution < -0.4 is 5.32 Å². The number of nitrogens with zero attached hydrogens (tertiary/aromatic N) is 3. The molecule has 2 rings (SSSR count). The predicted octanol–water partition coefficient (Wildman–Crippen LogP) is 3.15. The predicted molar refractivity (Wildman–Crippen MR) is 88.0 cm³/mol. The SMILES string of the molecule is CCc1nnc(CN(C)C(=O)N[C@@H](C)c2cc(C)ccc2C)o1. The molecule has 0 fully saturated rings. The number of carbonyl (C=O) groups excluding carboxylic acids is 1. The molecule has 0 aliphatic heterocycles. The van der Waals surface area contributed by atoms with Gasteiger partial charge in [0.05, 0.1) is 6.04 Å². The smallest absolute Gasteiger partial charge is 0.318 e. The molecule has 0 saturated carbocycles. The molecule has 0 spiro atoms. The van der Waals surface area contributed by atoms with Crippen molar-refractivity contribution in [1.29, 1.82) is 0 Å². The minimum atomic E-state index is -0.172. The van der Waals surface area contributed by atoms with Crippen molar-refractivity contribution >= 4 is 6.03 Å². The summed E-state index contributed by atoms with van der Waals surface area (Å²) in [5.74, 6) is 1.02. The van der Waals surface area contributed by atoms with E-state index in [0.717, 1.165) is 11.1 Å². The fourth-order valence-corrected chi connectivity index (χ4v) is 2.37. The highest BCUT2D eigenvalue weighted by Crippen LogP contribution is 2.19. The fraction of sp³-hybridized carbons (Fsp3) is 0.471. The van der Waals surface area contributed by atoms with E-state index in [1.807, 2.05) is 27.7 Å². The second kappa shape index (κ2) is 7.26. The molecule has 1 aromatic carbocycles. The molecule has 0 saturated heterocycles. The van der Waals surface area contributed by atoms with Crippen molar-refractivity contribution in [3.63, 3.8) is 0 Å². The van der Waals surface area contributed by atoms with Gasteiger partial charge in [-0.2, -0.15) is 0 Å². The van der Waals surface area contributed by atoms with Gasteiger partial charge in [-0.15, -0.1) is 10.2 Å². The molecule has 1 heterocycles. The standard InChI is InChI=1S/C17H24N4O2/c1-6-15-19-20-16(23-15)10-21(5)17(22)18-13(4)14-9-11(2)7-8-12(14)3/h7-9,13H,6,10H2,1-5H3,(H,18,22)/t13-/m0/s1. The van der Waals surface area contributed by atoms with E-state index in [9.17, 15) is 4.79 Å². The quantitative estimate of drug-likeness (QED) is 0.920. The third-order valence-electron chi connectivity index (χ3n) is 3.77. The largest absolute Gasteiger partial charge is 0.423 e. The van der Waals surface area contributed by atoms with Crippen LogP contribution in [0.4, 0.5) is 4.79 Å². The fourth-order valence-electron chi connectivity index (χ4n) is 2.37. The molecule has 2 amide bonds. The Morgan fingerprint density at radius 2 is 2.00 bits per heavy atom.